The third-order valence-electron chi connectivity index (χ3n) is 1.95. The average Bonchev–Trinajstić information content (AvgIpc) is 2.12. The Morgan fingerprint density at radius 1 is 1.25 bits per heavy atom. The summed E-state index contributed by atoms with van der Waals surface area (Å²) in [4.78, 5) is 10.7. The van der Waals surface area contributed by atoms with Crippen LogP contribution in [0.1, 0.15) is 11.1 Å². The van der Waals surface area contributed by atoms with Crippen LogP contribution in [0, 0.1) is 17.4 Å². The van der Waals surface area contributed by atoms with Gasteiger partial charge in [-0.1, -0.05) is 0 Å². The number of rotatable bonds is 1. The van der Waals surface area contributed by atoms with Crippen molar-refractivity contribution >= 4 is 34.2 Å². The summed E-state index contributed by atoms with van der Waals surface area (Å²) >= 11 is 2.10. The molecule has 88 valence electrons. The standard InChI is InChI=1S/C10H9F3INO/c1-5-3-7(4-6(2)8(5)14)15-9(16)10(11,12)13/h3-4H,1-2H3,(H,15,16). The first-order chi connectivity index (χ1) is 7.21. The van der Waals surface area contributed by atoms with E-state index in [4.69, 9.17) is 0 Å². The van der Waals surface area contributed by atoms with E-state index in [2.05, 4.69) is 22.6 Å². The molecule has 1 aromatic rings. The van der Waals surface area contributed by atoms with Gasteiger partial charge in [0, 0.05) is 9.26 Å². The van der Waals surface area contributed by atoms with Gasteiger partial charge in [-0.05, 0) is 59.7 Å². The molecular formula is C10H9F3INO. The third-order valence-corrected chi connectivity index (χ3v) is 3.65. The van der Waals surface area contributed by atoms with Gasteiger partial charge in [0.15, 0.2) is 0 Å². The largest absolute Gasteiger partial charge is 0.471 e. The molecule has 0 fully saturated rings. The van der Waals surface area contributed by atoms with Gasteiger partial charge in [-0.15, -0.1) is 0 Å². The molecule has 6 heteroatoms. The van der Waals surface area contributed by atoms with E-state index in [1.807, 2.05) is 5.32 Å². The van der Waals surface area contributed by atoms with Crippen LogP contribution in [-0.2, 0) is 4.79 Å². The van der Waals surface area contributed by atoms with Crippen LogP contribution in [0.3, 0.4) is 0 Å². The second-order valence-corrected chi connectivity index (χ2v) is 4.45. The van der Waals surface area contributed by atoms with Crippen LogP contribution in [0.15, 0.2) is 12.1 Å². The van der Waals surface area contributed by atoms with Crippen LogP contribution in [0.25, 0.3) is 0 Å². The number of nitrogens with one attached hydrogen (secondary N) is 1. The van der Waals surface area contributed by atoms with Crippen molar-refractivity contribution in [2.75, 3.05) is 5.32 Å². The van der Waals surface area contributed by atoms with Crippen LogP contribution < -0.4 is 5.32 Å². The second-order valence-electron chi connectivity index (χ2n) is 3.38. The lowest BCUT2D eigenvalue weighted by molar-refractivity contribution is -0.167. The number of amides is 1. The van der Waals surface area contributed by atoms with Gasteiger partial charge in [-0.3, -0.25) is 4.79 Å². The predicted octanol–water partition coefficient (Wildman–Crippen LogP) is 3.41. The fourth-order valence-corrected chi connectivity index (χ4v) is 1.53. The molecule has 0 aliphatic rings. The Morgan fingerprint density at radius 3 is 2.06 bits per heavy atom. The van der Waals surface area contributed by atoms with Crippen molar-refractivity contribution in [3.05, 3.63) is 26.8 Å². The topological polar surface area (TPSA) is 29.1 Å². The van der Waals surface area contributed by atoms with E-state index >= 15 is 0 Å². The van der Waals surface area contributed by atoms with Gasteiger partial charge in [0.05, 0.1) is 0 Å². The van der Waals surface area contributed by atoms with Crippen LogP contribution in [0.4, 0.5) is 18.9 Å². The third kappa shape index (κ3) is 3.10. The molecule has 16 heavy (non-hydrogen) atoms. The molecule has 0 atom stereocenters. The summed E-state index contributed by atoms with van der Waals surface area (Å²) in [6.07, 6.45) is -4.86. The van der Waals surface area contributed by atoms with E-state index in [-0.39, 0.29) is 5.69 Å². The number of benzene rings is 1. The summed E-state index contributed by atoms with van der Waals surface area (Å²) in [5.41, 5.74) is 1.83. The maximum atomic E-state index is 12.0. The minimum atomic E-state index is -4.86. The normalized spacial score (nSPS) is 11.4. The predicted molar refractivity (Wildman–Crippen MR) is 63.3 cm³/mol. The molecule has 0 saturated heterocycles. The fourth-order valence-electron chi connectivity index (χ4n) is 1.22. The lowest BCUT2D eigenvalue weighted by atomic mass is 10.1. The Bertz CT molecular complexity index is 406. The maximum Gasteiger partial charge on any atom is 0.471 e. The Balaban J connectivity index is 2.96. The van der Waals surface area contributed by atoms with E-state index in [1.54, 1.807) is 13.8 Å². The molecule has 0 aromatic heterocycles. The molecule has 0 saturated carbocycles. The maximum absolute atomic E-state index is 12.0. The Hall–Kier alpha value is -0.790. The van der Waals surface area contributed by atoms with Crippen LogP contribution in [0.2, 0.25) is 0 Å². The minimum Gasteiger partial charge on any atom is -0.318 e. The summed E-state index contributed by atoms with van der Waals surface area (Å²) in [5, 5.41) is 1.82. The monoisotopic (exact) mass is 343 g/mol. The van der Waals surface area contributed by atoms with E-state index in [0.29, 0.717) is 0 Å². The zero-order chi connectivity index (χ0) is 12.5. The number of aryl methyl sites for hydroxylation is 2. The highest BCUT2D eigenvalue weighted by atomic mass is 127. The number of hydrogen-bond acceptors (Lipinski definition) is 1. The minimum absolute atomic E-state index is 0.165. The molecule has 0 heterocycles. The van der Waals surface area contributed by atoms with Crippen LogP contribution in [-0.4, -0.2) is 12.1 Å². The van der Waals surface area contributed by atoms with Crippen molar-refractivity contribution in [3.8, 4) is 0 Å². The molecule has 1 aromatic carbocycles. The molecule has 1 amide bonds. The summed E-state index contributed by atoms with van der Waals surface area (Å²) in [6.45, 7) is 3.55. The van der Waals surface area contributed by atoms with Gasteiger partial charge < -0.3 is 5.32 Å². The summed E-state index contributed by atoms with van der Waals surface area (Å²) in [5.74, 6) is -1.95. The zero-order valence-corrected chi connectivity index (χ0v) is 10.7. The van der Waals surface area contributed by atoms with Gasteiger partial charge in [0.25, 0.3) is 0 Å². The van der Waals surface area contributed by atoms with Crippen molar-refractivity contribution in [3.63, 3.8) is 0 Å². The Morgan fingerprint density at radius 2 is 1.69 bits per heavy atom. The van der Waals surface area contributed by atoms with Crippen molar-refractivity contribution < 1.29 is 18.0 Å². The van der Waals surface area contributed by atoms with Crippen LogP contribution in [0.5, 0.6) is 0 Å². The molecule has 2 nitrogen and oxygen atoms in total. The highest BCUT2D eigenvalue weighted by Gasteiger charge is 2.38. The summed E-state index contributed by atoms with van der Waals surface area (Å²) < 4.78 is 37.0. The molecule has 0 spiro atoms. The quantitative estimate of drug-likeness (QED) is 0.778. The van der Waals surface area contributed by atoms with Crippen molar-refractivity contribution in [2.24, 2.45) is 0 Å². The number of carbonyl (C=O) groups excluding carboxylic acids is 1. The number of anilines is 1. The van der Waals surface area contributed by atoms with Gasteiger partial charge in [0.2, 0.25) is 0 Å². The molecule has 0 unspecified atom stereocenters. The second kappa shape index (κ2) is 4.60. The summed E-state index contributed by atoms with van der Waals surface area (Å²) in [6, 6.07) is 3.02. The van der Waals surface area contributed by atoms with Gasteiger partial charge in [-0.25, -0.2) is 0 Å². The molecule has 1 N–H and O–H groups in total. The SMILES string of the molecule is Cc1cc(NC(=O)C(F)(F)F)cc(C)c1I. The lowest BCUT2D eigenvalue weighted by Crippen LogP contribution is -2.30. The van der Waals surface area contributed by atoms with Crippen LogP contribution >= 0.6 is 22.6 Å². The lowest BCUT2D eigenvalue weighted by Gasteiger charge is -2.11. The molecular weight excluding hydrogens is 334 g/mol. The van der Waals surface area contributed by atoms with E-state index in [1.165, 1.54) is 12.1 Å². The Labute approximate surface area is 104 Å². The first-order valence-electron chi connectivity index (χ1n) is 4.36. The number of hydrogen-bond donors (Lipinski definition) is 1. The highest BCUT2D eigenvalue weighted by molar-refractivity contribution is 14.1. The molecule has 0 radical (unpaired) electrons. The van der Waals surface area contributed by atoms with E-state index in [9.17, 15) is 18.0 Å². The number of alkyl halides is 3. The number of halogens is 4. The van der Waals surface area contributed by atoms with E-state index < -0.39 is 12.1 Å². The fraction of sp³-hybridized carbons (Fsp3) is 0.300. The molecule has 1 rings (SSSR count). The average molecular weight is 343 g/mol. The first kappa shape index (κ1) is 13.3. The van der Waals surface area contributed by atoms with Crippen molar-refractivity contribution in [2.45, 2.75) is 20.0 Å². The first-order valence-corrected chi connectivity index (χ1v) is 5.44. The van der Waals surface area contributed by atoms with Gasteiger partial charge in [-0.2, -0.15) is 13.2 Å². The molecule has 0 aliphatic heterocycles. The number of carbonyl (C=O) groups is 1. The zero-order valence-electron chi connectivity index (χ0n) is 8.57. The summed E-state index contributed by atoms with van der Waals surface area (Å²) in [7, 11) is 0. The highest BCUT2D eigenvalue weighted by Crippen LogP contribution is 2.23. The molecule has 0 bridgehead atoms. The van der Waals surface area contributed by atoms with E-state index in [0.717, 1.165) is 14.7 Å². The molecule has 0 aliphatic carbocycles. The van der Waals surface area contributed by atoms with Gasteiger partial charge >= 0.3 is 12.1 Å². The smallest absolute Gasteiger partial charge is 0.318 e. The van der Waals surface area contributed by atoms with Gasteiger partial charge in [0.1, 0.15) is 0 Å². The van der Waals surface area contributed by atoms with Crippen molar-refractivity contribution in [1.29, 1.82) is 0 Å². The Kier molecular flexibility index (Phi) is 3.82. The van der Waals surface area contributed by atoms with Crippen molar-refractivity contribution in [1.82, 2.24) is 0 Å².